The molecule has 278 valence electrons. The minimum Gasteiger partial charge on any atom is -0.374 e. The van der Waals surface area contributed by atoms with Gasteiger partial charge in [-0.2, -0.15) is 8.42 Å². The first-order chi connectivity index (χ1) is 25.9. The third-order valence-corrected chi connectivity index (χ3v) is 11.6. The number of benzene rings is 5. The smallest absolute Gasteiger partial charge is 0.271 e. The predicted octanol–water partition coefficient (Wildman–Crippen LogP) is 8.21. The van der Waals surface area contributed by atoms with Crippen LogP contribution in [0.15, 0.2) is 157 Å². The minimum atomic E-state index is -4.14. The summed E-state index contributed by atoms with van der Waals surface area (Å²) in [7, 11) is -4.14. The van der Waals surface area contributed by atoms with Gasteiger partial charge in [0.2, 0.25) is 0 Å². The van der Waals surface area contributed by atoms with Gasteiger partial charge in [0.05, 0.1) is 39.6 Å². The van der Waals surface area contributed by atoms with E-state index in [1.165, 1.54) is 11.8 Å². The third kappa shape index (κ3) is 11.3. The second-order valence-electron chi connectivity index (χ2n) is 12.7. The standard InChI is InChI=1S/C43H46O8S2/c1-2-50-53(44,45)33-43(52-38-26-16-7-17-27-38)42(49-31-37-24-14-6-15-25-37)41(48-30-36-22-12-5-13-23-36)40(47-29-35-20-10-4-11-21-35)39(51-43)32-46-28-34-18-8-3-9-19-34/h3-27,39-42H,2,28-33H2,1H3/t39-,40-,41+,42-,43-/m1/s1. The molecule has 0 N–H and O–H groups in total. The molecule has 1 aliphatic rings. The summed E-state index contributed by atoms with van der Waals surface area (Å²) in [6, 6.07) is 49.0. The summed E-state index contributed by atoms with van der Waals surface area (Å²) in [6.45, 7) is 2.71. The molecule has 0 radical (unpaired) electrons. The third-order valence-electron chi connectivity index (χ3n) is 8.72. The highest BCUT2D eigenvalue weighted by Crippen LogP contribution is 2.47. The first-order valence-electron chi connectivity index (χ1n) is 17.8. The molecule has 0 unspecified atom stereocenters. The van der Waals surface area contributed by atoms with Crippen LogP contribution in [-0.4, -0.2) is 56.7 Å². The second kappa shape index (κ2) is 19.5. The van der Waals surface area contributed by atoms with Crippen LogP contribution in [0.25, 0.3) is 0 Å². The number of hydrogen-bond donors (Lipinski definition) is 0. The number of ether oxygens (including phenoxy) is 5. The Kier molecular flexibility index (Phi) is 14.3. The summed E-state index contributed by atoms with van der Waals surface area (Å²) in [5, 5.41) is 0. The Bertz CT molecular complexity index is 1880. The summed E-state index contributed by atoms with van der Waals surface area (Å²) < 4.78 is 67.1. The summed E-state index contributed by atoms with van der Waals surface area (Å²) in [6.07, 6.45) is -3.27. The van der Waals surface area contributed by atoms with E-state index in [0.717, 1.165) is 27.1 Å². The zero-order valence-electron chi connectivity index (χ0n) is 29.8. The fourth-order valence-electron chi connectivity index (χ4n) is 6.30. The highest BCUT2D eigenvalue weighted by molar-refractivity contribution is 8.01. The second-order valence-corrected chi connectivity index (χ2v) is 15.7. The highest BCUT2D eigenvalue weighted by atomic mass is 32.2. The predicted molar refractivity (Wildman–Crippen MR) is 206 cm³/mol. The lowest BCUT2D eigenvalue weighted by Gasteiger charge is -2.52. The molecule has 6 rings (SSSR count). The molecule has 0 amide bonds. The van der Waals surface area contributed by atoms with Crippen LogP contribution in [0.4, 0.5) is 0 Å². The monoisotopic (exact) mass is 754 g/mol. The zero-order chi connectivity index (χ0) is 36.8. The van der Waals surface area contributed by atoms with Gasteiger partial charge in [-0.3, -0.25) is 4.18 Å². The number of thioether (sulfide) groups is 1. The fraction of sp³-hybridized carbons (Fsp3) is 0.302. The van der Waals surface area contributed by atoms with Crippen LogP contribution in [0.2, 0.25) is 0 Å². The molecular weight excluding hydrogens is 709 g/mol. The molecule has 53 heavy (non-hydrogen) atoms. The molecule has 5 atom stereocenters. The maximum atomic E-state index is 13.8. The van der Waals surface area contributed by atoms with E-state index in [1.54, 1.807) is 6.92 Å². The van der Waals surface area contributed by atoms with Gasteiger partial charge in [0.1, 0.15) is 30.2 Å². The maximum Gasteiger partial charge on any atom is 0.271 e. The van der Waals surface area contributed by atoms with E-state index < -0.39 is 45.2 Å². The van der Waals surface area contributed by atoms with Crippen molar-refractivity contribution in [3.8, 4) is 0 Å². The molecule has 10 heteroatoms. The lowest BCUT2D eigenvalue weighted by atomic mass is 9.94. The van der Waals surface area contributed by atoms with Gasteiger partial charge in [0.15, 0.2) is 4.93 Å². The quantitative estimate of drug-likeness (QED) is 0.0775. The molecule has 1 fully saturated rings. The highest BCUT2D eigenvalue weighted by Gasteiger charge is 2.59. The Labute approximate surface area is 317 Å². The van der Waals surface area contributed by atoms with Crippen molar-refractivity contribution >= 4 is 21.9 Å². The average molecular weight is 755 g/mol. The van der Waals surface area contributed by atoms with Crippen LogP contribution in [0.5, 0.6) is 0 Å². The van der Waals surface area contributed by atoms with Gasteiger partial charge in [-0.1, -0.05) is 151 Å². The summed E-state index contributed by atoms with van der Waals surface area (Å²) in [5.74, 6) is -0.515. The van der Waals surface area contributed by atoms with E-state index in [2.05, 4.69) is 0 Å². The fourth-order valence-corrected chi connectivity index (χ4v) is 9.32. The van der Waals surface area contributed by atoms with Crippen LogP contribution in [0.1, 0.15) is 29.2 Å². The van der Waals surface area contributed by atoms with Gasteiger partial charge in [-0.05, 0) is 41.3 Å². The van der Waals surface area contributed by atoms with Crippen LogP contribution < -0.4 is 0 Å². The van der Waals surface area contributed by atoms with E-state index in [-0.39, 0.29) is 33.0 Å². The van der Waals surface area contributed by atoms with Crippen molar-refractivity contribution in [1.29, 1.82) is 0 Å². The molecule has 0 spiro atoms. The average Bonchev–Trinajstić information content (AvgIpc) is 3.18. The van der Waals surface area contributed by atoms with Crippen molar-refractivity contribution in [1.82, 2.24) is 0 Å². The summed E-state index contributed by atoms with van der Waals surface area (Å²) in [4.78, 5) is -0.763. The van der Waals surface area contributed by atoms with Crippen molar-refractivity contribution in [2.75, 3.05) is 19.0 Å². The Hall–Kier alpha value is -3.84. The lowest BCUT2D eigenvalue weighted by Crippen LogP contribution is -2.67. The Morgan fingerprint density at radius 3 is 1.51 bits per heavy atom. The van der Waals surface area contributed by atoms with E-state index in [4.69, 9.17) is 27.9 Å². The summed E-state index contributed by atoms with van der Waals surface area (Å²) in [5.41, 5.74) is 3.82. The molecule has 0 bridgehead atoms. The van der Waals surface area contributed by atoms with E-state index >= 15 is 0 Å². The van der Waals surface area contributed by atoms with Gasteiger partial charge in [-0.25, -0.2) is 0 Å². The van der Waals surface area contributed by atoms with Gasteiger partial charge < -0.3 is 23.7 Å². The van der Waals surface area contributed by atoms with Crippen molar-refractivity contribution in [3.05, 3.63) is 174 Å². The SMILES string of the molecule is CCOS(=O)(=O)C[C@]1(Sc2ccccc2)O[C@H](COCc2ccccc2)[C@@H](OCc2ccccc2)[C@H](OCc2ccccc2)[C@H]1OCc1ccccc1. The largest absolute Gasteiger partial charge is 0.374 e. The molecule has 5 aromatic rings. The van der Waals surface area contributed by atoms with E-state index in [0.29, 0.717) is 6.61 Å². The minimum absolute atomic E-state index is 0.0235. The van der Waals surface area contributed by atoms with Crippen molar-refractivity contribution in [3.63, 3.8) is 0 Å². The normalized spacial score (nSPS) is 21.7. The van der Waals surface area contributed by atoms with Crippen molar-refractivity contribution in [2.24, 2.45) is 0 Å². The molecule has 8 nitrogen and oxygen atoms in total. The Morgan fingerprint density at radius 2 is 1.02 bits per heavy atom. The lowest BCUT2D eigenvalue weighted by molar-refractivity contribution is -0.278. The molecule has 0 aromatic heterocycles. The van der Waals surface area contributed by atoms with Gasteiger partial charge in [-0.15, -0.1) is 0 Å². The van der Waals surface area contributed by atoms with E-state index in [9.17, 15) is 8.42 Å². The van der Waals surface area contributed by atoms with E-state index in [1.807, 2.05) is 152 Å². The zero-order valence-corrected chi connectivity index (χ0v) is 31.4. The van der Waals surface area contributed by atoms with Crippen LogP contribution >= 0.6 is 11.8 Å². The topological polar surface area (TPSA) is 89.5 Å². The maximum absolute atomic E-state index is 13.8. The van der Waals surface area contributed by atoms with Gasteiger partial charge in [0.25, 0.3) is 10.1 Å². The molecule has 1 saturated heterocycles. The first-order valence-corrected chi connectivity index (χ1v) is 20.2. The molecule has 5 aromatic carbocycles. The van der Waals surface area contributed by atoms with Gasteiger partial charge in [0, 0.05) is 4.90 Å². The number of hydrogen-bond acceptors (Lipinski definition) is 9. The van der Waals surface area contributed by atoms with Crippen molar-refractivity contribution in [2.45, 2.75) is 67.6 Å². The van der Waals surface area contributed by atoms with Gasteiger partial charge >= 0.3 is 0 Å². The molecule has 0 aliphatic carbocycles. The molecule has 1 aliphatic heterocycles. The van der Waals surface area contributed by atoms with Crippen molar-refractivity contribution < 1.29 is 36.3 Å². The Morgan fingerprint density at radius 1 is 0.585 bits per heavy atom. The summed E-state index contributed by atoms with van der Waals surface area (Å²) >= 11 is 1.29. The van der Waals surface area contributed by atoms with Crippen LogP contribution in [0, 0.1) is 0 Å². The molecular formula is C43H46O8S2. The Balaban J connectivity index is 1.45. The first kappa shape index (κ1) is 38.9. The molecule has 0 saturated carbocycles. The van der Waals surface area contributed by atoms with Crippen LogP contribution in [0.3, 0.4) is 0 Å². The number of rotatable bonds is 19. The van der Waals surface area contributed by atoms with Crippen LogP contribution in [-0.2, 0) is 64.4 Å². The molecule has 1 heterocycles.